The van der Waals surface area contributed by atoms with E-state index >= 15 is 0 Å². The van der Waals surface area contributed by atoms with E-state index in [2.05, 4.69) is 21.4 Å². The summed E-state index contributed by atoms with van der Waals surface area (Å²) in [6.45, 7) is 3.65. The molecule has 0 radical (unpaired) electrons. The molecule has 5 heteroatoms. The molecule has 0 saturated carbocycles. The van der Waals surface area contributed by atoms with Crippen LogP contribution in [-0.2, 0) is 17.8 Å². The Balaban J connectivity index is 1.69. The third-order valence-corrected chi connectivity index (χ3v) is 4.31. The smallest absolute Gasteiger partial charge is 0.228 e. The van der Waals surface area contributed by atoms with Gasteiger partial charge in [-0.15, -0.1) is 0 Å². The zero-order valence-electron chi connectivity index (χ0n) is 13.8. The van der Waals surface area contributed by atoms with Gasteiger partial charge >= 0.3 is 0 Å². The average molecular weight is 312 g/mol. The molecule has 1 aliphatic rings. The Bertz CT molecular complexity index is 651. The minimum absolute atomic E-state index is 0.0320. The van der Waals surface area contributed by atoms with Gasteiger partial charge in [-0.25, -0.2) is 4.98 Å². The van der Waals surface area contributed by atoms with E-state index in [-0.39, 0.29) is 11.8 Å². The first-order valence-corrected chi connectivity index (χ1v) is 8.29. The van der Waals surface area contributed by atoms with Crippen LogP contribution in [0.4, 0.5) is 5.69 Å². The summed E-state index contributed by atoms with van der Waals surface area (Å²) >= 11 is 0. The number of amides is 1. The second-order valence-corrected chi connectivity index (χ2v) is 6.22. The largest absolute Gasteiger partial charge is 0.334 e. The van der Waals surface area contributed by atoms with Gasteiger partial charge in [0.25, 0.3) is 0 Å². The summed E-state index contributed by atoms with van der Waals surface area (Å²) < 4.78 is 2.26. The summed E-state index contributed by atoms with van der Waals surface area (Å²) in [6.07, 6.45) is 5.67. The van der Waals surface area contributed by atoms with Crippen LogP contribution in [-0.4, -0.2) is 29.1 Å². The molecule has 23 heavy (non-hydrogen) atoms. The second kappa shape index (κ2) is 6.96. The molecular formula is C18H24N4O. The second-order valence-electron chi connectivity index (χ2n) is 6.22. The van der Waals surface area contributed by atoms with E-state index < -0.39 is 0 Å². The molecule has 5 nitrogen and oxygen atoms in total. The summed E-state index contributed by atoms with van der Waals surface area (Å²) in [4.78, 5) is 16.8. The molecule has 1 aliphatic heterocycles. The molecule has 0 spiro atoms. The topological polar surface area (TPSA) is 59.0 Å². The number of aryl methyl sites for hydroxylation is 2. The standard InChI is InChI=1S/C18H24N4O/c1-13(11-19-2)18(23)20-15-8-6-14(7-9-15)16-12-22-10-4-3-5-17(22)21-16/h6-9,12-13,19H,3-5,10-11H2,1-2H3,(H,20,23). The predicted octanol–water partition coefficient (Wildman–Crippen LogP) is 2.68. The maximum Gasteiger partial charge on any atom is 0.228 e. The van der Waals surface area contributed by atoms with E-state index in [0.717, 1.165) is 29.9 Å². The quantitative estimate of drug-likeness (QED) is 0.892. The van der Waals surface area contributed by atoms with Crippen molar-refractivity contribution in [1.29, 1.82) is 0 Å². The molecule has 0 aliphatic carbocycles. The van der Waals surface area contributed by atoms with Gasteiger partial charge in [-0.1, -0.05) is 19.1 Å². The van der Waals surface area contributed by atoms with Crippen LogP contribution in [0.2, 0.25) is 0 Å². The minimum atomic E-state index is -0.0560. The van der Waals surface area contributed by atoms with Gasteiger partial charge in [0.05, 0.1) is 5.69 Å². The minimum Gasteiger partial charge on any atom is -0.334 e. The van der Waals surface area contributed by atoms with E-state index in [1.54, 1.807) is 0 Å². The Labute approximate surface area is 137 Å². The van der Waals surface area contributed by atoms with Crippen LogP contribution >= 0.6 is 0 Å². The molecule has 0 saturated heterocycles. The van der Waals surface area contributed by atoms with Gasteiger partial charge in [-0.05, 0) is 32.0 Å². The van der Waals surface area contributed by atoms with E-state index in [4.69, 9.17) is 4.98 Å². The molecule has 1 aromatic heterocycles. The van der Waals surface area contributed by atoms with Crippen LogP contribution in [0.5, 0.6) is 0 Å². The van der Waals surface area contributed by atoms with Crippen LogP contribution in [0.15, 0.2) is 30.5 Å². The normalized spacial score (nSPS) is 15.0. The van der Waals surface area contributed by atoms with Crippen LogP contribution < -0.4 is 10.6 Å². The maximum atomic E-state index is 12.0. The third-order valence-electron chi connectivity index (χ3n) is 4.31. The van der Waals surface area contributed by atoms with Gasteiger partial charge in [0, 0.05) is 42.9 Å². The van der Waals surface area contributed by atoms with Crippen molar-refractivity contribution in [2.75, 3.05) is 18.9 Å². The highest BCUT2D eigenvalue weighted by atomic mass is 16.1. The van der Waals surface area contributed by atoms with E-state index in [1.165, 1.54) is 18.7 Å². The molecule has 1 unspecified atom stereocenters. The highest BCUT2D eigenvalue weighted by molar-refractivity contribution is 5.92. The van der Waals surface area contributed by atoms with E-state index in [0.29, 0.717) is 6.54 Å². The third kappa shape index (κ3) is 3.62. The lowest BCUT2D eigenvalue weighted by atomic mass is 10.1. The van der Waals surface area contributed by atoms with Crippen LogP contribution in [0, 0.1) is 5.92 Å². The van der Waals surface area contributed by atoms with Crippen molar-refractivity contribution in [3.63, 3.8) is 0 Å². The fraction of sp³-hybridized carbons (Fsp3) is 0.444. The Kier molecular flexibility index (Phi) is 4.76. The Morgan fingerprint density at radius 2 is 2.09 bits per heavy atom. The number of imidazole rings is 1. The molecule has 0 fully saturated rings. The number of anilines is 1. The van der Waals surface area contributed by atoms with E-state index in [1.807, 2.05) is 38.2 Å². The number of hydrogen-bond donors (Lipinski definition) is 2. The lowest BCUT2D eigenvalue weighted by molar-refractivity contribution is -0.119. The summed E-state index contributed by atoms with van der Waals surface area (Å²) in [5, 5.41) is 5.97. The highest BCUT2D eigenvalue weighted by Gasteiger charge is 2.14. The fourth-order valence-corrected chi connectivity index (χ4v) is 2.94. The summed E-state index contributed by atoms with van der Waals surface area (Å²) in [5.74, 6) is 1.16. The van der Waals surface area contributed by atoms with Gasteiger partial charge in [-0.3, -0.25) is 4.79 Å². The van der Waals surface area contributed by atoms with E-state index in [9.17, 15) is 4.79 Å². The molecule has 1 atom stereocenters. The number of nitrogens with one attached hydrogen (secondary N) is 2. The van der Waals surface area contributed by atoms with Crippen LogP contribution in [0.3, 0.4) is 0 Å². The average Bonchev–Trinajstić information content (AvgIpc) is 2.99. The number of aromatic nitrogens is 2. The molecule has 3 rings (SSSR count). The van der Waals surface area contributed by atoms with Gasteiger partial charge in [0.2, 0.25) is 5.91 Å². The number of rotatable bonds is 5. The van der Waals surface area contributed by atoms with Gasteiger partial charge < -0.3 is 15.2 Å². The molecule has 2 N–H and O–H groups in total. The number of carbonyl (C=O) groups is 1. The van der Waals surface area contributed by atoms with Crippen molar-refractivity contribution < 1.29 is 4.79 Å². The molecule has 2 aromatic rings. The first-order valence-electron chi connectivity index (χ1n) is 8.29. The lowest BCUT2D eigenvalue weighted by Gasteiger charge is -2.11. The maximum absolute atomic E-state index is 12.0. The predicted molar refractivity (Wildman–Crippen MR) is 92.3 cm³/mol. The fourth-order valence-electron chi connectivity index (χ4n) is 2.94. The molecule has 122 valence electrons. The first-order chi connectivity index (χ1) is 11.2. The Morgan fingerprint density at radius 1 is 1.30 bits per heavy atom. The molecule has 1 aromatic carbocycles. The van der Waals surface area contributed by atoms with Crippen LogP contribution in [0.1, 0.15) is 25.6 Å². The summed E-state index contributed by atoms with van der Waals surface area (Å²) in [7, 11) is 1.85. The SMILES string of the molecule is CNCC(C)C(=O)Nc1ccc(-c2cn3c(n2)CCCC3)cc1. The van der Waals surface area contributed by atoms with Gasteiger partial charge in [0.1, 0.15) is 5.82 Å². The van der Waals surface area contributed by atoms with Crippen molar-refractivity contribution in [2.24, 2.45) is 5.92 Å². The monoisotopic (exact) mass is 312 g/mol. The lowest BCUT2D eigenvalue weighted by Crippen LogP contribution is -2.28. The number of fused-ring (bicyclic) bond motifs is 1. The van der Waals surface area contributed by atoms with Crippen molar-refractivity contribution in [3.05, 3.63) is 36.3 Å². The Hall–Kier alpha value is -2.14. The van der Waals surface area contributed by atoms with Gasteiger partial charge in [0.15, 0.2) is 0 Å². The zero-order valence-corrected chi connectivity index (χ0v) is 13.8. The van der Waals surface area contributed by atoms with Crippen molar-refractivity contribution in [1.82, 2.24) is 14.9 Å². The molecule has 1 amide bonds. The molecule has 0 bridgehead atoms. The summed E-state index contributed by atoms with van der Waals surface area (Å²) in [5.41, 5.74) is 2.93. The number of benzene rings is 1. The van der Waals surface area contributed by atoms with Crippen molar-refractivity contribution in [3.8, 4) is 11.3 Å². The van der Waals surface area contributed by atoms with Crippen molar-refractivity contribution in [2.45, 2.75) is 32.7 Å². The first kappa shape index (κ1) is 15.7. The number of nitrogens with zero attached hydrogens (tertiary/aromatic N) is 2. The van der Waals surface area contributed by atoms with Crippen molar-refractivity contribution >= 4 is 11.6 Å². The Morgan fingerprint density at radius 3 is 2.78 bits per heavy atom. The molecule has 2 heterocycles. The molecular weight excluding hydrogens is 288 g/mol. The highest BCUT2D eigenvalue weighted by Crippen LogP contribution is 2.24. The number of carbonyl (C=O) groups excluding carboxylic acids is 1. The van der Waals surface area contributed by atoms with Gasteiger partial charge in [-0.2, -0.15) is 0 Å². The zero-order chi connectivity index (χ0) is 16.2. The summed E-state index contributed by atoms with van der Waals surface area (Å²) in [6, 6.07) is 7.93. The number of hydrogen-bond acceptors (Lipinski definition) is 3. The van der Waals surface area contributed by atoms with Crippen LogP contribution in [0.25, 0.3) is 11.3 Å².